The van der Waals surface area contributed by atoms with Gasteiger partial charge in [-0.25, -0.2) is 0 Å². The first kappa shape index (κ1) is 13.8. The monoisotopic (exact) mass is 254 g/mol. The Kier molecular flexibility index (Phi) is 4.35. The highest BCUT2D eigenvalue weighted by Gasteiger charge is 2.09. The van der Waals surface area contributed by atoms with Crippen molar-refractivity contribution in [3.63, 3.8) is 0 Å². The van der Waals surface area contributed by atoms with Crippen LogP contribution in [0.4, 0.5) is 0 Å². The van der Waals surface area contributed by atoms with E-state index in [0.717, 1.165) is 6.54 Å². The average molecular weight is 254 g/mol. The van der Waals surface area contributed by atoms with Crippen molar-refractivity contribution in [2.75, 3.05) is 14.1 Å². The molecule has 0 saturated carbocycles. The van der Waals surface area contributed by atoms with E-state index in [1.165, 1.54) is 22.3 Å². The lowest BCUT2D eigenvalue weighted by Crippen LogP contribution is -2.14. The Morgan fingerprint density at radius 1 is 1.00 bits per heavy atom. The van der Waals surface area contributed by atoms with Gasteiger partial charge in [0.1, 0.15) is 0 Å². The van der Waals surface area contributed by atoms with Crippen LogP contribution in [0.3, 0.4) is 0 Å². The van der Waals surface area contributed by atoms with Crippen molar-refractivity contribution in [3.05, 3.63) is 70.8 Å². The Hall–Kier alpha value is -1.64. The van der Waals surface area contributed by atoms with Crippen LogP contribution in [0.25, 0.3) is 0 Å². The summed E-state index contributed by atoms with van der Waals surface area (Å²) in [5.74, 6) is 0. The Balaban J connectivity index is 2.26. The number of hydrogen-bond donors (Lipinski definition) is 1. The van der Waals surface area contributed by atoms with Crippen LogP contribution in [-0.4, -0.2) is 19.0 Å². The van der Waals surface area contributed by atoms with Gasteiger partial charge in [-0.15, -0.1) is 0 Å². The molecule has 2 aromatic rings. The van der Waals surface area contributed by atoms with Gasteiger partial charge >= 0.3 is 0 Å². The summed E-state index contributed by atoms with van der Waals surface area (Å²) in [6.07, 6.45) is 0. The molecule has 2 aromatic carbocycles. The first-order valence-corrected chi connectivity index (χ1v) is 6.62. The maximum atomic E-state index is 6.37. The molecular formula is C17H22N2. The van der Waals surface area contributed by atoms with E-state index in [4.69, 9.17) is 5.73 Å². The standard InChI is InChI=1S/C17H22N2/c1-13-6-4-8-15(10-13)17(18)16-9-5-7-14(11-16)12-19(2)3/h4-11,17H,12,18H2,1-3H3. The first-order chi connectivity index (χ1) is 9.06. The maximum absolute atomic E-state index is 6.37. The molecule has 0 aliphatic rings. The van der Waals surface area contributed by atoms with E-state index in [1.54, 1.807) is 0 Å². The highest BCUT2D eigenvalue weighted by atomic mass is 15.0. The Bertz CT molecular complexity index is 546. The molecule has 0 bridgehead atoms. The van der Waals surface area contributed by atoms with Crippen LogP contribution in [0.2, 0.25) is 0 Å². The molecule has 0 heterocycles. The van der Waals surface area contributed by atoms with Gasteiger partial charge in [0.25, 0.3) is 0 Å². The van der Waals surface area contributed by atoms with Crippen LogP contribution in [0.15, 0.2) is 48.5 Å². The van der Waals surface area contributed by atoms with Crippen molar-refractivity contribution < 1.29 is 0 Å². The number of nitrogens with zero attached hydrogens (tertiary/aromatic N) is 1. The summed E-state index contributed by atoms with van der Waals surface area (Å²) in [5, 5.41) is 0. The molecule has 0 spiro atoms. The fraction of sp³-hybridized carbons (Fsp3) is 0.294. The zero-order chi connectivity index (χ0) is 13.8. The highest BCUT2D eigenvalue weighted by Crippen LogP contribution is 2.21. The number of benzene rings is 2. The van der Waals surface area contributed by atoms with Crippen LogP contribution in [0.5, 0.6) is 0 Å². The summed E-state index contributed by atoms with van der Waals surface area (Å²) >= 11 is 0. The molecule has 0 aliphatic carbocycles. The molecule has 2 rings (SSSR count). The Morgan fingerprint density at radius 2 is 1.63 bits per heavy atom. The number of rotatable bonds is 4. The van der Waals surface area contributed by atoms with E-state index in [9.17, 15) is 0 Å². The van der Waals surface area contributed by atoms with Gasteiger partial charge in [0.2, 0.25) is 0 Å². The van der Waals surface area contributed by atoms with Gasteiger partial charge in [-0.1, -0.05) is 54.1 Å². The third-order valence-corrected chi connectivity index (χ3v) is 3.21. The maximum Gasteiger partial charge on any atom is 0.0551 e. The number of aryl methyl sites for hydroxylation is 1. The van der Waals surface area contributed by atoms with Gasteiger partial charge < -0.3 is 10.6 Å². The van der Waals surface area contributed by atoms with E-state index in [0.29, 0.717) is 0 Å². The van der Waals surface area contributed by atoms with E-state index >= 15 is 0 Å². The molecule has 0 saturated heterocycles. The zero-order valence-corrected chi connectivity index (χ0v) is 11.9. The summed E-state index contributed by atoms with van der Waals surface area (Å²) in [4.78, 5) is 2.16. The molecule has 2 N–H and O–H groups in total. The summed E-state index contributed by atoms with van der Waals surface area (Å²) in [7, 11) is 4.15. The molecular weight excluding hydrogens is 232 g/mol. The van der Waals surface area contributed by atoms with Gasteiger partial charge in [-0.3, -0.25) is 0 Å². The minimum Gasteiger partial charge on any atom is -0.320 e. The molecule has 0 radical (unpaired) electrons. The summed E-state index contributed by atoms with van der Waals surface area (Å²) in [5.41, 5.74) is 11.3. The second-order valence-electron chi connectivity index (χ2n) is 5.37. The predicted molar refractivity (Wildman–Crippen MR) is 81.0 cm³/mol. The fourth-order valence-corrected chi connectivity index (χ4v) is 2.31. The topological polar surface area (TPSA) is 29.3 Å². The van der Waals surface area contributed by atoms with Crippen LogP contribution >= 0.6 is 0 Å². The lowest BCUT2D eigenvalue weighted by molar-refractivity contribution is 0.402. The van der Waals surface area contributed by atoms with Gasteiger partial charge in [0.05, 0.1) is 6.04 Å². The summed E-state index contributed by atoms with van der Waals surface area (Å²) < 4.78 is 0. The van der Waals surface area contributed by atoms with Gasteiger partial charge in [0.15, 0.2) is 0 Å². The van der Waals surface area contributed by atoms with Crippen LogP contribution in [0.1, 0.15) is 28.3 Å². The second kappa shape index (κ2) is 6.00. The SMILES string of the molecule is Cc1cccc(C(N)c2cccc(CN(C)C)c2)c1. The molecule has 0 aliphatic heterocycles. The summed E-state index contributed by atoms with van der Waals surface area (Å²) in [6, 6.07) is 16.9. The Morgan fingerprint density at radius 3 is 2.26 bits per heavy atom. The lowest BCUT2D eigenvalue weighted by atomic mass is 9.97. The third-order valence-electron chi connectivity index (χ3n) is 3.21. The molecule has 0 aromatic heterocycles. The van der Waals surface area contributed by atoms with Crippen molar-refractivity contribution in [1.29, 1.82) is 0 Å². The minimum atomic E-state index is -0.0537. The lowest BCUT2D eigenvalue weighted by Gasteiger charge is -2.16. The molecule has 1 unspecified atom stereocenters. The van der Waals surface area contributed by atoms with Crippen molar-refractivity contribution in [3.8, 4) is 0 Å². The molecule has 100 valence electrons. The van der Waals surface area contributed by atoms with Gasteiger partial charge in [-0.2, -0.15) is 0 Å². The van der Waals surface area contributed by atoms with E-state index in [-0.39, 0.29) is 6.04 Å². The molecule has 1 atom stereocenters. The fourth-order valence-electron chi connectivity index (χ4n) is 2.31. The second-order valence-corrected chi connectivity index (χ2v) is 5.37. The highest BCUT2D eigenvalue weighted by molar-refractivity contribution is 5.35. The van der Waals surface area contributed by atoms with Crippen LogP contribution in [-0.2, 0) is 6.54 Å². The van der Waals surface area contributed by atoms with E-state index in [2.05, 4.69) is 74.4 Å². The quantitative estimate of drug-likeness (QED) is 0.908. The normalized spacial score (nSPS) is 12.7. The van der Waals surface area contributed by atoms with Gasteiger partial charge in [0, 0.05) is 6.54 Å². The van der Waals surface area contributed by atoms with Crippen LogP contribution < -0.4 is 5.73 Å². The third kappa shape index (κ3) is 3.66. The van der Waals surface area contributed by atoms with Crippen molar-refractivity contribution >= 4 is 0 Å². The smallest absolute Gasteiger partial charge is 0.0551 e. The average Bonchev–Trinajstić information content (AvgIpc) is 2.37. The summed E-state index contributed by atoms with van der Waals surface area (Å²) in [6.45, 7) is 3.03. The molecule has 2 nitrogen and oxygen atoms in total. The largest absolute Gasteiger partial charge is 0.320 e. The zero-order valence-electron chi connectivity index (χ0n) is 11.9. The van der Waals surface area contributed by atoms with Crippen molar-refractivity contribution in [1.82, 2.24) is 4.90 Å². The van der Waals surface area contributed by atoms with E-state index in [1.807, 2.05) is 0 Å². The minimum absolute atomic E-state index is 0.0537. The van der Waals surface area contributed by atoms with E-state index < -0.39 is 0 Å². The van der Waals surface area contributed by atoms with Crippen molar-refractivity contribution in [2.24, 2.45) is 5.73 Å². The predicted octanol–water partition coefficient (Wildman–Crippen LogP) is 3.10. The molecule has 2 heteroatoms. The molecule has 0 fully saturated rings. The molecule has 19 heavy (non-hydrogen) atoms. The number of nitrogens with two attached hydrogens (primary N) is 1. The first-order valence-electron chi connectivity index (χ1n) is 6.62. The van der Waals surface area contributed by atoms with Crippen LogP contribution in [0, 0.1) is 6.92 Å². The van der Waals surface area contributed by atoms with Gasteiger partial charge in [-0.05, 0) is 37.7 Å². The Labute approximate surface area is 115 Å². The van der Waals surface area contributed by atoms with Crippen molar-refractivity contribution in [2.45, 2.75) is 19.5 Å². The number of hydrogen-bond acceptors (Lipinski definition) is 2. The molecule has 0 amide bonds.